The molecule has 0 saturated carbocycles. The van der Waals surface area contributed by atoms with E-state index in [1.807, 2.05) is 0 Å². The molecule has 0 radical (unpaired) electrons. The van der Waals surface area contributed by atoms with Gasteiger partial charge in [0.1, 0.15) is 18.0 Å². The van der Waals surface area contributed by atoms with Crippen LogP contribution in [0.5, 0.6) is 11.5 Å². The largest absolute Gasteiger partial charge is 0.497 e. The van der Waals surface area contributed by atoms with Gasteiger partial charge in [0.05, 0.1) is 35.4 Å². The molecule has 4 aromatic carbocycles. The van der Waals surface area contributed by atoms with Gasteiger partial charge >= 0.3 is 0 Å². The van der Waals surface area contributed by atoms with Gasteiger partial charge in [0.25, 0.3) is 25.7 Å². The number of para-hydroxylation sites is 2. The molecule has 0 atom stereocenters. The Morgan fingerprint density at radius 1 is 0.860 bits per heavy atom. The number of ether oxygens (including phenoxy) is 2. The van der Waals surface area contributed by atoms with Gasteiger partial charge in [-0.2, -0.15) is 0 Å². The summed E-state index contributed by atoms with van der Waals surface area (Å²) in [6.07, 6.45) is 0. The maximum absolute atomic E-state index is 13.6. The Balaban J connectivity index is 1.55. The third kappa shape index (κ3) is 7.02. The van der Waals surface area contributed by atoms with Crippen molar-refractivity contribution in [1.29, 1.82) is 0 Å². The maximum Gasteiger partial charge on any atom is 0.289 e. The molecular weight excluding hydrogens is 600 g/mol. The summed E-state index contributed by atoms with van der Waals surface area (Å²) in [6, 6.07) is 22.3. The molecule has 0 spiro atoms. The van der Waals surface area contributed by atoms with Crippen molar-refractivity contribution < 1.29 is 36.0 Å². The minimum Gasteiger partial charge on any atom is -0.497 e. The molecule has 0 unspecified atom stereocenters. The molecule has 0 aliphatic carbocycles. The lowest BCUT2D eigenvalue weighted by molar-refractivity contribution is -0.387. The number of methoxy groups -OCH3 is 2. The van der Waals surface area contributed by atoms with Crippen LogP contribution in [0.25, 0.3) is 0 Å². The molecule has 15 heteroatoms. The molecule has 13 nitrogen and oxygen atoms in total. The zero-order chi connectivity index (χ0) is 31.2. The van der Waals surface area contributed by atoms with Crippen molar-refractivity contribution in [3.05, 3.63) is 107 Å². The SMILES string of the molecule is COc1ccc(OC)c(NS(=O)(=O)c2ccc(NC(=O)CN(c3ccccc3)S(=O)(=O)c3ccccc3[N+](=O)[O-])cc2)c1. The molecule has 0 aromatic heterocycles. The number of benzene rings is 4. The van der Waals surface area contributed by atoms with E-state index < -0.39 is 48.0 Å². The van der Waals surface area contributed by atoms with Crippen LogP contribution >= 0.6 is 0 Å². The highest BCUT2D eigenvalue weighted by molar-refractivity contribution is 7.93. The molecular formula is C28H26N4O9S2. The average molecular weight is 627 g/mol. The fraction of sp³-hybridized carbons (Fsp3) is 0.107. The molecule has 224 valence electrons. The monoisotopic (exact) mass is 626 g/mol. The highest BCUT2D eigenvalue weighted by Gasteiger charge is 2.33. The molecule has 0 aliphatic heterocycles. The highest BCUT2D eigenvalue weighted by Crippen LogP contribution is 2.32. The van der Waals surface area contributed by atoms with Crippen molar-refractivity contribution in [3.63, 3.8) is 0 Å². The van der Waals surface area contributed by atoms with Gasteiger partial charge in [-0.05, 0) is 54.6 Å². The summed E-state index contributed by atoms with van der Waals surface area (Å²) < 4.78 is 66.7. The van der Waals surface area contributed by atoms with Gasteiger partial charge in [0.15, 0.2) is 4.90 Å². The Kier molecular flexibility index (Phi) is 9.16. The predicted octanol–water partition coefficient (Wildman–Crippen LogP) is 4.25. The number of sulfonamides is 2. The number of hydrogen-bond acceptors (Lipinski definition) is 9. The number of nitrogens with one attached hydrogen (secondary N) is 2. The summed E-state index contributed by atoms with van der Waals surface area (Å²) in [5.74, 6) is -0.0992. The van der Waals surface area contributed by atoms with Crippen LogP contribution in [-0.2, 0) is 24.8 Å². The van der Waals surface area contributed by atoms with Crippen LogP contribution in [0.4, 0.5) is 22.7 Å². The van der Waals surface area contributed by atoms with Crippen molar-refractivity contribution in [1.82, 2.24) is 0 Å². The lowest BCUT2D eigenvalue weighted by Gasteiger charge is -2.24. The van der Waals surface area contributed by atoms with Gasteiger partial charge in [-0.15, -0.1) is 0 Å². The number of amides is 1. The van der Waals surface area contributed by atoms with Crippen LogP contribution in [0.3, 0.4) is 0 Å². The molecule has 0 bridgehead atoms. The molecule has 0 aliphatic rings. The fourth-order valence-corrected chi connectivity index (χ4v) is 6.64. The van der Waals surface area contributed by atoms with E-state index in [1.165, 1.54) is 68.8 Å². The molecule has 4 aromatic rings. The van der Waals surface area contributed by atoms with Gasteiger partial charge in [-0.3, -0.25) is 23.9 Å². The number of nitro benzene ring substituents is 1. The smallest absolute Gasteiger partial charge is 0.289 e. The molecule has 4 rings (SSSR count). The molecule has 1 amide bonds. The summed E-state index contributed by atoms with van der Waals surface area (Å²) in [6.45, 7) is -0.727. The molecule has 0 heterocycles. The Labute approximate surface area is 247 Å². The highest BCUT2D eigenvalue weighted by atomic mass is 32.2. The number of carbonyl (C=O) groups excluding carboxylic acids is 1. The van der Waals surface area contributed by atoms with E-state index in [0.717, 1.165) is 16.4 Å². The van der Waals surface area contributed by atoms with Crippen LogP contribution in [0, 0.1) is 10.1 Å². The number of nitrogens with zero attached hydrogens (tertiary/aromatic N) is 2. The summed E-state index contributed by atoms with van der Waals surface area (Å²) in [5, 5.41) is 14.1. The van der Waals surface area contributed by atoms with Gasteiger partial charge in [0.2, 0.25) is 5.91 Å². The first kappa shape index (κ1) is 30.8. The first-order valence-corrected chi connectivity index (χ1v) is 15.3. The van der Waals surface area contributed by atoms with Gasteiger partial charge in [0, 0.05) is 17.8 Å². The summed E-state index contributed by atoms with van der Waals surface area (Å²) in [7, 11) is -5.80. The van der Waals surface area contributed by atoms with Crippen molar-refractivity contribution in [3.8, 4) is 11.5 Å². The lowest BCUT2D eigenvalue weighted by Crippen LogP contribution is -2.38. The second kappa shape index (κ2) is 12.8. The van der Waals surface area contributed by atoms with E-state index in [0.29, 0.717) is 5.75 Å². The number of anilines is 3. The Bertz CT molecular complexity index is 1850. The molecule has 43 heavy (non-hydrogen) atoms. The van der Waals surface area contributed by atoms with Crippen LogP contribution in [0.1, 0.15) is 0 Å². The van der Waals surface area contributed by atoms with Crippen molar-refractivity contribution in [2.75, 3.05) is 35.1 Å². The molecule has 0 fully saturated rings. The van der Waals surface area contributed by atoms with E-state index >= 15 is 0 Å². The molecule has 2 N–H and O–H groups in total. The number of nitro groups is 1. The first-order valence-electron chi connectivity index (χ1n) is 12.4. The van der Waals surface area contributed by atoms with Crippen LogP contribution in [0.15, 0.2) is 107 Å². The van der Waals surface area contributed by atoms with Crippen LogP contribution in [-0.4, -0.2) is 48.4 Å². The Morgan fingerprint density at radius 2 is 1.51 bits per heavy atom. The van der Waals surface area contributed by atoms with Crippen molar-refractivity contribution in [2.45, 2.75) is 9.79 Å². The van der Waals surface area contributed by atoms with Gasteiger partial charge in [-0.1, -0.05) is 30.3 Å². The standard InChI is InChI=1S/C28H26N4O9S2/c1-40-22-14-17-26(41-2)24(18-22)30-42(36,37)23-15-12-20(13-16-23)29-28(33)19-31(21-8-4-3-5-9-21)43(38,39)27-11-7-6-10-25(27)32(34)35/h3-18,30H,19H2,1-2H3,(H,29,33). The summed E-state index contributed by atoms with van der Waals surface area (Å²) in [4.78, 5) is 23.1. The first-order chi connectivity index (χ1) is 20.5. The maximum atomic E-state index is 13.6. The summed E-state index contributed by atoms with van der Waals surface area (Å²) >= 11 is 0. The van der Waals surface area contributed by atoms with E-state index in [-0.39, 0.29) is 27.7 Å². The zero-order valence-electron chi connectivity index (χ0n) is 22.8. The summed E-state index contributed by atoms with van der Waals surface area (Å²) in [5.41, 5.74) is -0.198. The Morgan fingerprint density at radius 3 is 2.14 bits per heavy atom. The third-order valence-corrected chi connectivity index (χ3v) is 9.26. The second-order valence-electron chi connectivity index (χ2n) is 8.82. The van der Waals surface area contributed by atoms with Gasteiger partial charge in [-0.25, -0.2) is 16.8 Å². The Hall–Kier alpha value is -5.15. The minimum atomic E-state index is -4.56. The average Bonchev–Trinajstić information content (AvgIpc) is 3.00. The number of carbonyl (C=O) groups is 1. The van der Waals surface area contributed by atoms with Crippen molar-refractivity contribution in [2.24, 2.45) is 0 Å². The third-order valence-electron chi connectivity index (χ3n) is 6.06. The van der Waals surface area contributed by atoms with Crippen LogP contribution < -0.4 is 23.8 Å². The quantitative estimate of drug-likeness (QED) is 0.172. The van der Waals surface area contributed by atoms with E-state index in [4.69, 9.17) is 9.47 Å². The lowest BCUT2D eigenvalue weighted by atomic mass is 10.3. The van der Waals surface area contributed by atoms with E-state index in [2.05, 4.69) is 10.0 Å². The number of rotatable bonds is 12. The van der Waals surface area contributed by atoms with Crippen molar-refractivity contribution >= 4 is 48.7 Å². The molecule has 0 saturated heterocycles. The predicted molar refractivity (Wildman–Crippen MR) is 159 cm³/mol. The topological polar surface area (TPSA) is 174 Å². The normalized spacial score (nSPS) is 11.3. The van der Waals surface area contributed by atoms with Gasteiger partial charge < -0.3 is 14.8 Å². The second-order valence-corrected chi connectivity index (χ2v) is 12.3. The van der Waals surface area contributed by atoms with E-state index in [9.17, 15) is 31.7 Å². The fourth-order valence-electron chi connectivity index (χ4n) is 4.00. The zero-order valence-corrected chi connectivity index (χ0v) is 24.5. The minimum absolute atomic E-state index is 0.108. The number of hydrogen-bond donors (Lipinski definition) is 2. The van der Waals surface area contributed by atoms with E-state index in [1.54, 1.807) is 30.3 Å². The van der Waals surface area contributed by atoms with Crippen LogP contribution in [0.2, 0.25) is 0 Å².